The van der Waals surface area contributed by atoms with Crippen LogP contribution in [0, 0.1) is 5.92 Å². The van der Waals surface area contributed by atoms with Gasteiger partial charge in [-0.25, -0.2) is 0 Å². The number of nitrogens with zero attached hydrogens (tertiary/aromatic N) is 1. The predicted octanol–water partition coefficient (Wildman–Crippen LogP) is 3.53. The van der Waals surface area contributed by atoms with Gasteiger partial charge in [0.2, 0.25) is 0 Å². The number of carboxylic acids is 1. The third-order valence-corrected chi connectivity index (χ3v) is 4.22. The zero-order chi connectivity index (χ0) is 13.4. The Labute approximate surface area is 112 Å². The number of carboxylic acid groups (broad SMARTS) is 1. The van der Waals surface area contributed by atoms with Crippen LogP contribution in [0.5, 0.6) is 0 Å². The third-order valence-electron chi connectivity index (χ3n) is 4.22. The maximum atomic E-state index is 11.0. The highest BCUT2D eigenvalue weighted by Gasteiger charge is 2.25. The number of unbranched alkanes of at least 4 members (excludes halogenated alkanes) is 1. The average Bonchev–Trinajstić information content (AvgIpc) is 2.86. The van der Waals surface area contributed by atoms with E-state index in [4.69, 9.17) is 5.11 Å². The highest BCUT2D eigenvalue weighted by molar-refractivity contribution is 5.69. The van der Waals surface area contributed by atoms with Crippen molar-refractivity contribution in [1.82, 2.24) is 4.90 Å². The number of hydrogen-bond donors (Lipinski definition) is 1. The summed E-state index contributed by atoms with van der Waals surface area (Å²) in [7, 11) is 0. The van der Waals surface area contributed by atoms with Gasteiger partial charge >= 0.3 is 5.97 Å². The second-order valence-electron chi connectivity index (χ2n) is 5.68. The first-order valence-electron chi connectivity index (χ1n) is 7.63. The van der Waals surface area contributed by atoms with Crippen molar-refractivity contribution in [1.29, 1.82) is 0 Å². The molecule has 0 amide bonds. The molecule has 1 saturated carbocycles. The van der Waals surface area contributed by atoms with Crippen molar-refractivity contribution in [3.8, 4) is 0 Å². The van der Waals surface area contributed by atoms with E-state index in [0.717, 1.165) is 6.54 Å². The SMILES string of the molecule is CCCCC(CC)CN(CC(=O)O)C1CCCC1. The van der Waals surface area contributed by atoms with Gasteiger partial charge in [-0.05, 0) is 25.2 Å². The van der Waals surface area contributed by atoms with Crippen LogP contribution >= 0.6 is 0 Å². The lowest BCUT2D eigenvalue weighted by atomic mass is 9.97. The zero-order valence-corrected chi connectivity index (χ0v) is 12.0. The topological polar surface area (TPSA) is 40.5 Å². The maximum absolute atomic E-state index is 11.0. The Hall–Kier alpha value is -0.570. The molecule has 3 heteroatoms. The summed E-state index contributed by atoms with van der Waals surface area (Å²) in [5, 5.41) is 9.06. The van der Waals surface area contributed by atoms with E-state index in [1.165, 1.54) is 51.4 Å². The van der Waals surface area contributed by atoms with Crippen LogP contribution in [0.1, 0.15) is 65.2 Å². The Morgan fingerprint density at radius 3 is 2.50 bits per heavy atom. The van der Waals surface area contributed by atoms with Gasteiger partial charge < -0.3 is 5.11 Å². The van der Waals surface area contributed by atoms with E-state index < -0.39 is 5.97 Å². The number of hydrogen-bond acceptors (Lipinski definition) is 2. The molecule has 0 aromatic rings. The number of aliphatic carboxylic acids is 1. The van der Waals surface area contributed by atoms with E-state index in [2.05, 4.69) is 18.7 Å². The Morgan fingerprint density at radius 2 is 2.00 bits per heavy atom. The summed E-state index contributed by atoms with van der Waals surface area (Å²) in [5.74, 6) is -0.00264. The number of rotatable bonds is 9. The Balaban J connectivity index is 2.49. The molecule has 0 saturated heterocycles. The quantitative estimate of drug-likeness (QED) is 0.685. The van der Waals surface area contributed by atoms with Crippen LogP contribution in [0.2, 0.25) is 0 Å². The lowest BCUT2D eigenvalue weighted by molar-refractivity contribution is -0.139. The minimum absolute atomic E-state index is 0.229. The fourth-order valence-electron chi connectivity index (χ4n) is 3.03. The van der Waals surface area contributed by atoms with Gasteiger partial charge in [-0.2, -0.15) is 0 Å². The molecule has 1 rings (SSSR count). The molecule has 0 aromatic heterocycles. The molecule has 1 aliphatic carbocycles. The zero-order valence-electron chi connectivity index (χ0n) is 12.0. The minimum Gasteiger partial charge on any atom is -0.480 e. The standard InChI is InChI=1S/C15H29NO2/c1-3-5-8-13(4-2)11-16(12-15(17)18)14-9-6-7-10-14/h13-14H,3-12H2,1-2H3,(H,17,18). The highest BCUT2D eigenvalue weighted by atomic mass is 16.4. The van der Waals surface area contributed by atoms with Crippen LogP contribution in [0.4, 0.5) is 0 Å². The minimum atomic E-state index is -0.674. The summed E-state index contributed by atoms with van der Waals surface area (Å²) in [6, 6.07) is 0.525. The van der Waals surface area contributed by atoms with E-state index in [0.29, 0.717) is 12.0 Å². The van der Waals surface area contributed by atoms with Crippen molar-refractivity contribution in [3.63, 3.8) is 0 Å². The van der Waals surface area contributed by atoms with Crippen LogP contribution < -0.4 is 0 Å². The van der Waals surface area contributed by atoms with Gasteiger partial charge in [0.05, 0.1) is 6.54 Å². The molecule has 0 heterocycles. The summed E-state index contributed by atoms with van der Waals surface area (Å²) < 4.78 is 0. The summed E-state index contributed by atoms with van der Waals surface area (Å²) in [6.45, 7) is 5.66. The van der Waals surface area contributed by atoms with E-state index >= 15 is 0 Å². The summed E-state index contributed by atoms with van der Waals surface area (Å²) in [4.78, 5) is 13.2. The lowest BCUT2D eigenvalue weighted by Crippen LogP contribution is -2.40. The van der Waals surface area contributed by atoms with Gasteiger partial charge in [0.1, 0.15) is 0 Å². The predicted molar refractivity (Wildman–Crippen MR) is 74.8 cm³/mol. The van der Waals surface area contributed by atoms with Crippen LogP contribution in [0.15, 0.2) is 0 Å². The number of carbonyl (C=O) groups is 1. The highest BCUT2D eigenvalue weighted by Crippen LogP contribution is 2.25. The van der Waals surface area contributed by atoms with Crippen molar-refractivity contribution >= 4 is 5.97 Å². The molecule has 1 unspecified atom stereocenters. The molecular weight excluding hydrogens is 226 g/mol. The molecule has 3 nitrogen and oxygen atoms in total. The first-order chi connectivity index (χ1) is 8.67. The molecule has 1 atom stereocenters. The smallest absolute Gasteiger partial charge is 0.317 e. The molecule has 0 bridgehead atoms. The summed E-state index contributed by atoms with van der Waals surface area (Å²) >= 11 is 0. The monoisotopic (exact) mass is 255 g/mol. The second kappa shape index (κ2) is 8.52. The van der Waals surface area contributed by atoms with E-state index in [-0.39, 0.29) is 6.54 Å². The van der Waals surface area contributed by atoms with E-state index in [1.54, 1.807) is 0 Å². The molecule has 0 spiro atoms. The fraction of sp³-hybridized carbons (Fsp3) is 0.933. The van der Waals surface area contributed by atoms with Crippen molar-refractivity contribution in [3.05, 3.63) is 0 Å². The van der Waals surface area contributed by atoms with E-state index in [9.17, 15) is 4.79 Å². The van der Waals surface area contributed by atoms with Crippen LogP contribution in [-0.4, -0.2) is 35.1 Å². The van der Waals surface area contributed by atoms with Crippen LogP contribution in [-0.2, 0) is 4.79 Å². The molecular formula is C15H29NO2. The van der Waals surface area contributed by atoms with Gasteiger partial charge in [0, 0.05) is 12.6 Å². The molecule has 106 valence electrons. The molecule has 0 aliphatic heterocycles. The van der Waals surface area contributed by atoms with Crippen LogP contribution in [0.3, 0.4) is 0 Å². The van der Waals surface area contributed by atoms with Gasteiger partial charge in [0.25, 0.3) is 0 Å². The van der Waals surface area contributed by atoms with Crippen LogP contribution in [0.25, 0.3) is 0 Å². The maximum Gasteiger partial charge on any atom is 0.317 e. The lowest BCUT2D eigenvalue weighted by Gasteiger charge is -2.30. The Kier molecular flexibility index (Phi) is 7.33. The van der Waals surface area contributed by atoms with Crippen molar-refractivity contribution < 1.29 is 9.90 Å². The van der Waals surface area contributed by atoms with Crippen molar-refractivity contribution in [2.24, 2.45) is 5.92 Å². The van der Waals surface area contributed by atoms with Crippen molar-refractivity contribution in [2.45, 2.75) is 71.3 Å². The molecule has 0 aromatic carbocycles. The Morgan fingerprint density at radius 1 is 1.33 bits per heavy atom. The van der Waals surface area contributed by atoms with Crippen molar-refractivity contribution in [2.75, 3.05) is 13.1 Å². The van der Waals surface area contributed by atoms with Gasteiger partial charge in [-0.1, -0.05) is 46.0 Å². The third kappa shape index (κ3) is 5.38. The summed E-state index contributed by atoms with van der Waals surface area (Å²) in [5.41, 5.74) is 0. The van der Waals surface area contributed by atoms with Gasteiger partial charge in [-0.15, -0.1) is 0 Å². The molecule has 0 radical (unpaired) electrons. The second-order valence-corrected chi connectivity index (χ2v) is 5.68. The van der Waals surface area contributed by atoms with Gasteiger partial charge in [-0.3, -0.25) is 9.69 Å². The first kappa shape index (κ1) is 15.5. The average molecular weight is 255 g/mol. The first-order valence-corrected chi connectivity index (χ1v) is 7.63. The Bertz CT molecular complexity index is 237. The molecule has 1 aliphatic rings. The summed E-state index contributed by atoms with van der Waals surface area (Å²) in [6.07, 6.45) is 9.84. The molecule has 1 N–H and O–H groups in total. The van der Waals surface area contributed by atoms with E-state index in [1.807, 2.05) is 0 Å². The normalized spacial score (nSPS) is 18.4. The molecule has 18 heavy (non-hydrogen) atoms. The molecule has 1 fully saturated rings. The van der Waals surface area contributed by atoms with Gasteiger partial charge in [0.15, 0.2) is 0 Å². The fourth-order valence-corrected chi connectivity index (χ4v) is 3.03. The largest absolute Gasteiger partial charge is 0.480 e.